The van der Waals surface area contributed by atoms with Crippen LogP contribution in [0.2, 0.25) is 0 Å². The molecule has 1 aliphatic carbocycles. The quantitative estimate of drug-likeness (QED) is 0.789. The molecule has 7 nitrogen and oxygen atoms in total. The molecule has 7 heteroatoms. The molecule has 30 heavy (non-hydrogen) atoms. The Kier molecular flexibility index (Phi) is 6.47. The number of carbonyl (C=O) groups is 1. The second-order valence-corrected chi connectivity index (χ2v) is 8.04. The van der Waals surface area contributed by atoms with E-state index in [1.165, 1.54) is 24.1 Å². The fraction of sp³-hybridized carbons (Fsp3) is 0.522. The molecular formula is C23H31N5O2. The lowest BCUT2D eigenvalue weighted by molar-refractivity contribution is 0.0947. The minimum absolute atomic E-state index is 0.0422. The monoisotopic (exact) mass is 409 g/mol. The number of amides is 1. The molecule has 0 atom stereocenters. The van der Waals surface area contributed by atoms with Gasteiger partial charge in [-0.3, -0.25) is 9.69 Å². The van der Waals surface area contributed by atoms with Gasteiger partial charge in [0.15, 0.2) is 0 Å². The van der Waals surface area contributed by atoms with E-state index >= 15 is 0 Å². The average molecular weight is 410 g/mol. The Morgan fingerprint density at radius 2 is 1.80 bits per heavy atom. The van der Waals surface area contributed by atoms with Gasteiger partial charge in [0.05, 0.1) is 7.11 Å². The molecular weight excluding hydrogens is 378 g/mol. The van der Waals surface area contributed by atoms with E-state index in [0.717, 1.165) is 63.0 Å². The predicted octanol–water partition coefficient (Wildman–Crippen LogP) is 2.22. The number of ether oxygens (including phenoxy) is 1. The third kappa shape index (κ3) is 4.73. The Balaban J connectivity index is 1.26. The molecule has 1 N–H and O–H groups in total. The maximum atomic E-state index is 12.3. The molecule has 1 amide bonds. The summed E-state index contributed by atoms with van der Waals surface area (Å²) in [5, 5.41) is 3.02. The van der Waals surface area contributed by atoms with E-state index in [0.29, 0.717) is 12.1 Å². The number of hydrogen-bond donors (Lipinski definition) is 1. The van der Waals surface area contributed by atoms with Crippen LogP contribution in [-0.2, 0) is 12.8 Å². The zero-order chi connectivity index (χ0) is 20.9. The van der Waals surface area contributed by atoms with Crippen LogP contribution >= 0.6 is 0 Å². The van der Waals surface area contributed by atoms with E-state index in [-0.39, 0.29) is 5.91 Å². The number of hydrogen-bond acceptors (Lipinski definition) is 6. The zero-order valence-electron chi connectivity index (χ0n) is 18.0. The molecule has 4 rings (SSSR count). The van der Waals surface area contributed by atoms with E-state index < -0.39 is 0 Å². The van der Waals surface area contributed by atoms with Crippen LogP contribution in [0.4, 0.5) is 5.82 Å². The highest BCUT2D eigenvalue weighted by atomic mass is 16.5. The van der Waals surface area contributed by atoms with Crippen molar-refractivity contribution in [2.24, 2.45) is 0 Å². The number of fused-ring (bicyclic) bond motifs is 1. The molecule has 160 valence electrons. The molecule has 1 aromatic heterocycles. The van der Waals surface area contributed by atoms with Crippen molar-refractivity contribution in [3.8, 4) is 5.75 Å². The Morgan fingerprint density at radius 3 is 2.53 bits per heavy atom. The lowest BCUT2D eigenvalue weighted by Crippen LogP contribution is -2.49. The topological polar surface area (TPSA) is 70.6 Å². The number of aromatic nitrogens is 2. The largest absolute Gasteiger partial charge is 0.497 e. The number of nitrogens with one attached hydrogen (secondary N) is 1. The molecule has 2 aliphatic rings. The summed E-state index contributed by atoms with van der Waals surface area (Å²) in [6.45, 7) is 7.40. The normalized spacial score (nSPS) is 16.8. The summed E-state index contributed by atoms with van der Waals surface area (Å²) in [6.07, 6.45) is 4.65. The second kappa shape index (κ2) is 9.43. The van der Waals surface area contributed by atoms with Crippen LogP contribution in [0, 0.1) is 6.92 Å². The molecule has 0 unspecified atom stereocenters. The van der Waals surface area contributed by atoms with Gasteiger partial charge in [0.2, 0.25) is 0 Å². The number of piperazine rings is 1. The molecule has 0 saturated carbocycles. The van der Waals surface area contributed by atoms with Crippen LogP contribution in [0.15, 0.2) is 24.3 Å². The van der Waals surface area contributed by atoms with E-state index in [9.17, 15) is 4.79 Å². The van der Waals surface area contributed by atoms with Crippen molar-refractivity contribution in [2.45, 2.75) is 32.6 Å². The van der Waals surface area contributed by atoms with Gasteiger partial charge in [0, 0.05) is 56.1 Å². The first-order chi connectivity index (χ1) is 14.6. The molecule has 1 saturated heterocycles. The number of carbonyl (C=O) groups excluding carboxylic acids is 1. The van der Waals surface area contributed by atoms with E-state index in [2.05, 4.69) is 20.1 Å². The Bertz CT molecular complexity index is 876. The standard InChI is InChI=1S/C23H31N5O2/c1-17-25-21-6-4-3-5-20(21)22(26-17)28-15-13-27(14-16-28)12-11-24-23(29)18-7-9-19(30-2)10-8-18/h7-10H,3-6,11-16H2,1-2H3,(H,24,29). The van der Waals surface area contributed by atoms with Gasteiger partial charge in [0.1, 0.15) is 17.4 Å². The molecule has 0 spiro atoms. The summed E-state index contributed by atoms with van der Waals surface area (Å²) in [5.41, 5.74) is 3.28. The van der Waals surface area contributed by atoms with Crippen molar-refractivity contribution in [1.82, 2.24) is 20.2 Å². The lowest BCUT2D eigenvalue weighted by Gasteiger charge is -2.37. The fourth-order valence-electron chi connectivity index (χ4n) is 4.31. The molecule has 2 heterocycles. The van der Waals surface area contributed by atoms with Gasteiger partial charge in [-0.25, -0.2) is 9.97 Å². The van der Waals surface area contributed by atoms with Gasteiger partial charge < -0.3 is 15.0 Å². The van der Waals surface area contributed by atoms with Crippen LogP contribution in [0.5, 0.6) is 5.75 Å². The maximum Gasteiger partial charge on any atom is 0.251 e. The van der Waals surface area contributed by atoms with Crippen molar-refractivity contribution in [1.29, 1.82) is 0 Å². The maximum absolute atomic E-state index is 12.3. The van der Waals surface area contributed by atoms with E-state index in [1.54, 1.807) is 19.2 Å². The summed E-state index contributed by atoms with van der Waals surface area (Å²) < 4.78 is 5.14. The van der Waals surface area contributed by atoms with Crippen LogP contribution in [0.25, 0.3) is 0 Å². The molecule has 1 fully saturated rings. The average Bonchev–Trinajstić information content (AvgIpc) is 2.79. The highest BCUT2D eigenvalue weighted by Crippen LogP contribution is 2.28. The van der Waals surface area contributed by atoms with Gasteiger partial charge >= 0.3 is 0 Å². The fourth-order valence-corrected chi connectivity index (χ4v) is 4.31. The van der Waals surface area contributed by atoms with Crippen LogP contribution < -0.4 is 15.0 Å². The van der Waals surface area contributed by atoms with Crippen molar-refractivity contribution in [2.75, 3.05) is 51.3 Å². The minimum Gasteiger partial charge on any atom is -0.497 e. The Morgan fingerprint density at radius 1 is 1.07 bits per heavy atom. The zero-order valence-corrected chi connectivity index (χ0v) is 18.0. The molecule has 2 aromatic rings. The third-order valence-corrected chi connectivity index (χ3v) is 6.01. The molecule has 0 radical (unpaired) electrons. The van der Waals surface area contributed by atoms with Gasteiger partial charge in [0.25, 0.3) is 5.91 Å². The Hall–Kier alpha value is -2.67. The highest BCUT2D eigenvalue weighted by Gasteiger charge is 2.24. The molecule has 0 bridgehead atoms. The first-order valence-electron chi connectivity index (χ1n) is 10.9. The molecule has 1 aromatic carbocycles. The number of nitrogens with zero attached hydrogens (tertiary/aromatic N) is 4. The minimum atomic E-state index is -0.0422. The summed E-state index contributed by atoms with van der Waals surface area (Å²) in [7, 11) is 1.62. The van der Waals surface area contributed by atoms with Gasteiger partial charge in [-0.05, 0) is 56.9 Å². The summed E-state index contributed by atoms with van der Waals surface area (Å²) in [5.74, 6) is 2.75. The van der Waals surface area contributed by atoms with Crippen LogP contribution in [0.3, 0.4) is 0 Å². The second-order valence-electron chi connectivity index (χ2n) is 8.04. The summed E-state index contributed by atoms with van der Waals surface area (Å²) >= 11 is 0. The van der Waals surface area contributed by atoms with Gasteiger partial charge in [-0.2, -0.15) is 0 Å². The number of rotatable bonds is 6. The SMILES string of the molecule is COc1ccc(C(=O)NCCN2CCN(c3nc(C)nc4c3CCCC4)CC2)cc1. The number of benzene rings is 1. The van der Waals surface area contributed by atoms with Crippen molar-refractivity contribution in [3.63, 3.8) is 0 Å². The third-order valence-electron chi connectivity index (χ3n) is 6.01. The first-order valence-corrected chi connectivity index (χ1v) is 10.9. The highest BCUT2D eigenvalue weighted by molar-refractivity contribution is 5.94. The van der Waals surface area contributed by atoms with E-state index in [4.69, 9.17) is 9.72 Å². The lowest BCUT2D eigenvalue weighted by atomic mass is 9.96. The number of aryl methyl sites for hydroxylation is 2. The molecule has 1 aliphatic heterocycles. The van der Waals surface area contributed by atoms with Crippen molar-refractivity contribution >= 4 is 11.7 Å². The number of anilines is 1. The van der Waals surface area contributed by atoms with E-state index in [1.807, 2.05) is 19.1 Å². The van der Waals surface area contributed by atoms with Crippen molar-refractivity contribution in [3.05, 3.63) is 46.9 Å². The smallest absolute Gasteiger partial charge is 0.251 e. The van der Waals surface area contributed by atoms with Crippen LogP contribution in [0.1, 0.15) is 40.3 Å². The summed E-state index contributed by atoms with van der Waals surface area (Å²) in [6, 6.07) is 7.19. The Labute approximate surface area is 178 Å². The predicted molar refractivity (Wildman–Crippen MR) is 117 cm³/mol. The van der Waals surface area contributed by atoms with Crippen molar-refractivity contribution < 1.29 is 9.53 Å². The van der Waals surface area contributed by atoms with Gasteiger partial charge in [-0.1, -0.05) is 0 Å². The number of methoxy groups -OCH3 is 1. The van der Waals surface area contributed by atoms with Crippen LogP contribution in [-0.4, -0.2) is 67.2 Å². The first kappa shape index (κ1) is 20.6. The summed E-state index contributed by atoms with van der Waals surface area (Å²) in [4.78, 5) is 26.6. The van der Waals surface area contributed by atoms with Gasteiger partial charge in [-0.15, -0.1) is 0 Å².